The monoisotopic (exact) mass is 390 g/mol. The standard InChI is InChI=1S/C24H22O5/c1-3-13-5-7-19-15(9-13)22(25)18(12-27-19)17-11-28-23-16-10-14(4-2)6-8-20(16)29-24(26)21(17)23/h5-10,17,25H,3-4,11-12H2,1-2H3. The number of aliphatic hydroxyl groups excluding tert-OH is 1. The Kier molecular flexibility index (Phi) is 4.12. The molecule has 2 aliphatic heterocycles. The van der Waals surface area contributed by atoms with Crippen molar-refractivity contribution >= 4 is 16.7 Å². The van der Waals surface area contributed by atoms with Gasteiger partial charge in [-0.1, -0.05) is 26.0 Å². The van der Waals surface area contributed by atoms with E-state index in [1.54, 1.807) is 0 Å². The lowest BCUT2D eigenvalue weighted by molar-refractivity contribution is 0.300. The third-order valence-electron chi connectivity index (χ3n) is 5.92. The molecule has 1 N–H and O–H groups in total. The topological polar surface area (TPSA) is 68.9 Å². The number of hydrogen-bond donors (Lipinski definition) is 1. The van der Waals surface area contributed by atoms with Gasteiger partial charge < -0.3 is 19.0 Å². The van der Waals surface area contributed by atoms with Crippen molar-refractivity contribution < 1.29 is 19.0 Å². The fraction of sp³-hybridized carbons (Fsp3) is 0.292. The summed E-state index contributed by atoms with van der Waals surface area (Å²) in [6.07, 6.45) is 1.74. The summed E-state index contributed by atoms with van der Waals surface area (Å²) in [4.78, 5) is 12.8. The van der Waals surface area contributed by atoms with E-state index < -0.39 is 11.5 Å². The van der Waals surface area contributed by atoms with Crippen LogP contribution in [0.15, 0.2) is 51.2 Å². The van der Waals surface area contributed by atoms with Crippen molar-refractivity contribution in [2.45, 2.75) is 32.6 Å². The highest BCUT2D eigenvalue weighted by atomic mass is 16.5. The van der Waals surface area contributed by atoms with E-state index in [1.165, 1.54) is 0 Å². The highest BCUT2D eigenvalue weighted by Crippen LogP contribution is 2.45. The van der Waals surface area contributed by atoms with Crippen LogP contribution in [0.5, 0.6) is 11.5 Å². The second-order valence-corrected chi connectivity index (χ2v) is 7.53. The molecule has 29 heavy (non-hydrogen) atoms. The third-order valence-corrected chi connectivity index (χ3v) is 5.92. The molecule has 0 amide bonds. The molecule has 1 unspecified atom stereocenters. The molecule has 5 heteroatoms. The quantitative estimate of drug-likeness (QED) is 0.653. The van der Waals surface area contributed by atoms with Crippen LogP contribution in [0, 0.1) is 0 Å². The number of aryl methyl sites for hydroxylation is 2. The Labute approximate surface area is 168 Å². The molecule has 0 radical (unpaired) electrons. The summed E-state index contributed by atoms with van der Waals surface area (Å²) in [6, 6.07) is 11.6. The predicted molar refractivity (Wildman–Crippen MR) is 111 cm³/mol. The molecule has 0 fully saturated rings. The summed E-state index contributed by atoms with van der Waals surface area (Å²) in [6.45, 7) is 4.63. The van der Waals surface area contributed by atoms with Crippen molar-refractivity contribution in [2.75, 3.05) is 13.2 Å². The van der Waals surface area contributed by atoms with Gasteiger partial charge in [0.15, 0.2) is 0 Å². The van der Waals surface area contributed by atoms with Crippen LogP contribution < -0.4 is 15.1 Å². The Morgan fingerprint density at radius 3 is 2.59 bits per heavy atom. The van der Waals surface area contributed by atoms with Gasteiger partial charge in [0.2, 0.25) is 0 Å². The van der Waals surface area contributed by atoms with Gasteiger partial charge in [-0.15, -0.1) is 0 Å². The first-order valence-corrected chi connectivity index (χ1v) is 10.0. The van der Waals surface area contributed by atoms with Crippen LogP contribution in [0.3, 0.4) is 0 Å². The SMILES string of the molecule is CCc1ccc2c(c1)C(O)=C(C1COc3c1c(=O)oc1ccc(CC)cc31)CO2. The molecule has 0 saturated heterocycles. The molecule has 0 saturated carbocycles. The van der Waals surface area contributed by atoms with Crippen molar-refractivity contribution in [2.24, 2.45) is 0 Å². The highest BCUT2D eigenvalue weighted by Gasteiger charge is 2.37. The first kappa shape index (κ1) is 17.9. The maximum atomic E-state index is 12.8. The molecule has 1 aromatic heterocycles. The van der Waals surface area contributed by atoms with Crippen LogP contribution >= 0.6 is 0 Å². The van der Waals surface area contributed by atoms with E-state index in [4.69, 9.17) is 13.9 Å². The number of ether oxygens (including phenoxy) is 2. The first-order valence-electron chi connectivity index (χ1n) is 10.0. The Hall–Kier alpha value is -3.21. The number of hydrogen-bond acceptors (Lipinski definition) is 5. The summed E-state index contributed by atoms with van der Waals surface area (Å²) >= 11 is 0. The molecule has 0 aliphatic carbocycles. The van der Waals surface area contributed by atoms with Crippen molar-refractivity contribution in [1.29, 1.82) is 0 Å². The zero-order valence-electron chi connectivity index (χ0n) is 16.5. The first-order chi connectivity index (χ1) is 14.1. The molecule has 3 aromatic rings. The van der Waals surface area contributed by atoms with Crippen LogP contribution in [-0.4, -0.2) is 18.3 Å². The molecule has 0 bridgehead atoms. The van der Waals surface area contributed by atoms with E-state index in [2.05, 4.69) is 13.8 Å². The van der Waals surface area contributed by atoms with Gasteiger partial charge in [0, 0.05) is 5.57 Å². The lowest BCUT2D eigenvalue weighted by Gasteiger charge is -2.24. The Morgan fingerprint density at radius 2 is 1.79 bits per heavy atom. The van der Waals surface area contributed by atoms with Crippen LogP contribution in [0.1, 0.15) is 42.0 Å². The zero-order chi connectivity index (χ0) is 20.1. The van der Waals surface area contributed by atoms with E-state index >= 15 is 0 Å². The molecule has 0 spiro atoms. The minimum absolute atomic E-state index is 0.171. The van der Waals surface area contributed by atoms with Crippen LogP contribution in [0.4, 0.5) is 0 Å². The fourth-order valence-electron chi connectivity index (χ4n) is 4.21. The molecule has 5 rings (SSSR count). The van der Waals surface area contributed by atoms with Gasteiger partial charge in [-0.2, -0.15) is 0 Å². The summed E-state index contributed by atoms with van der Waals surface area (Å²) < 4.78 is 17.5. The molecule has 2 aromatic carbocycles. The van der Waals surface area contributed by atoms with E-state index in [0.717, 1.165) is 29.4 Å². The summed E-state index contributed by atoms with van der Waals surface area (Å²) in [5.74, 6) is 0.991. The zero-order valence-corrected chi connectivity index (χ0v) is 16.5. The van der Waals surface area contributed by atoms with E-state index in [1.807, 2.05) is 36.4 Å². The molecule has 3 heterocycles. The minimum atomic E-state index is -0.423. The largest absolute Gasteiger partial charge is 0.507 e. The van der Waals surface area contributed by atoms with Gasteiger partial charge in [-0.3, -0.25) is 0 Å². The fourth-order valence-corrected chi connectivity index (χ4v) is 4.21. The van der Waals surface area contributed by atoms with E-state index in [-0.39, 0.29) is 19.0 Å². The van der Waals surface area contributed by atoms with Crippen LogP contribution in [0.25, 0.3) is 16.7 Å². The molecular weight excluding hydrogens is 368 g/mol. The number of benzene rings is 2. The Balaban J connectivity index is 1.67. The molecule has 5 nitrogen and oxygen atoms in total. The minimum Gasteiger partial charge on any atom is -0.507 e. The maximum Gasteiger partial charge on any atom is 0.343 e. The molecule has 2 aliphatic rings. The van der Waals surface area contributed by atoms with Gasteiger partial charge in [0.05, 0.1) is 29.0 Å². The number of aliphatic hydroxyl groups is 1. The third kappa shape index (κ3) is 2.72. The van der Waals surface area contributed by atoms with Crippen molar-refractivity contribution in [1.82, 2.24) is 0 Å². The van der Waals surface area contributed by atoms with Gasteiger partial charge in [-0.05, 0) is 48.2 Å². The van der Waals surface area contributed by atoms with Crippen molar-refractivity contribution in [3.05, 3.63) is 74.6 Å². The molecule has 148 valence electrons. The van der Waals surface area contributed by atoms with Crippen molar-refractivity contribution in [3.63, 3.8) is 0 Å². The lowest BCUT2D eigenvalue weighted by Crippen LogP contribution is -2.21. The van der Waals surface area contributed by atoms with Gasteiger partial charge in [0.1, 0.15) is 29.4 Å². The van der Waals surface area contributed by atoms with Crippen LogP contribution in [0.2, 0.25) is 0 Å². The highest BCUT2D eigenvalue weighted by molar-refractivity contribution is 5.86. The molecular formula is C24H22O5. The normalized spacial score (nSPS) is 17.7. The van der Waals surface area contributed by atoms with Gasteiger partial charge >= 0.3 is 5.63 Å². The van der Waals surface area contributed by atoms with Gasteiger partial charge in [0.25, 0.3) is 0 Å². The van der Waals surface area contributed by atoms with E-state index in [9.17, 15) is 9.90 Å². The van der Waals surface area contributed by atoms with E-state index in [0.29, 0.717) is 33.8 Å². The lowest BCUT2D eigenvalue weighted by atomic mass is 9.89. The average molecular weight is 390 g/mol. The summed E-state index contributed by atoms with van der Waals surface area (Å²) in [5.41, 5.74) is 4.13. The Bertz CT molecular complexity index is 1220. The second-order valence-electron chi connectivity index (χ2n) is 7.53. The maximum absolute atomic E-state index is 12.8. The summed E-state index contributed by atoms with van der Waals surface area (Å²) in [7, 11) is 0. The summed E-state index contributed by atoms with van der Waals surface area (Å²) in [5, 5.41) is 11.8. The van der Waals surface area contributed by atoms with Crippen molar-refractivity contribution in [3.8, 4) is 11.5 Å². The average Bonchev–Trinajstić information content (AvgIpc) is 3.19. The van der Waals surface area contributed by atoms with Gasteiger partial charge in [-0.25, -0.2) is 4.79 Å². The van der Waals surface area contributed by atoms with Crippen LogP contribution in [-0.2, 0) is 12.8 Å². The number of rotatable bonds is 3. The molecule has 1 atom stereocenters. The second kappa shape index (κ2) is 6.69. The number of fused-ring (bicyclic) bond motifs is 4. The predicted octanol–water partition coefficient (Wildman–Crippen LogP) is 4.76. The Morgan fingerprint density at radius 1 is 1.03 bits per heavy atom. The smallest absolute Gasteiger partial charge is 0.343 e.